The average molecular weight is 486 g/mol. The van der Waals surface area contributed by atoms with Crippen LogP contribution < -0.4 is 0 Å². The van der Waals surface area contributed by atoms with E-state index >= 15 is 0 Å². The van der Waals surface area contributed by atoms with Gasteiger partial charge in [-0.3, -0.25) is 4.90 Å². The summed E-state index contributed by atoms with van der Waals surface area (Å²) in [4.78, 5) is 2.25. The summed E-state index contributed by atoms with van der Waals surface area (Å²) in [5.74, 6) is 0. The third kappa shape index (κ3) is 27.7. The standard InChI is InChI=1S/C22H47NO10/c1-25-11-13-31-19-15-27-7-3-23(4-8-28-16-20-32-14-12-26-2)5-9-29-17-21-33-22-18-30-10-6-24/h24H,3-22H2,1-2H3. The van der Waals surface area contributed by atoms with Gasteiger partial charge in [0.25, 0.3) is 0 Å². The minimum Gasteiger partial charge on any atom is -0.394 e. The number of hydrogen-bond donors (Lipinski definition) is 1. The van der Waals surface area contributed by atoms with Crippen LogP contribution in [0, 0.1) is 0 Å². The fourth-order valence-corrected chi connectivity index (χ4v) is 2.45. The van der Waals surface area contributed by atoms with Crippen LogP contribution >= 0.6 is 0 Å². The van der Waals surface area contributed by atoms with Crippen LogP contribution in [0.15, 0.2) is 0 Å². The summed E-state index contributed by atoms with van der Waals surface area (Å²) in [6.07, 6.45) is 0. The molecule has 0 fully saturated rings. The molecule has 0 atom stereocenters. The SMILES string of the molecule is COCCOCCOCCN(CCOCCOCCOC)CCOCCOCCOCCO. The zero-order chi connectivity index (χ0) is 24.1. The highest BCUT2D eigenvalue weighted by molar-refractivity contribution is 4.57. The van der Waals surface area contributed by atoms with Gasteiger partial charge in [-0.05, 0) is 0 Å². The van der Waals surface area contributed by atoms with E-state index in [1.165, 1.54) is 0 Å². The van der Waals surface area contributed by atoms with Crippen molar-refractivity contribution in [3.8, 4) is 0 Å². The van der Waals surface area contributed by atoms with Gasteiger partial charge < -0.3 is 47.7 Å². The van der Waals surface area contributed by atoms with E-state index < -0.39 is 0 Å². The lowest BCUT2D eigenvalue weighted by molar-refractivity contribution is -0.00487. The Morgan fingerprint density at radius 1 is 0.394 bits per heavy atom. The molecule has 0 aromatic heterocycles. The van der Waals surface area contributed by atoms with E-state index in [0.717, 1.165) is 19.6 Å². The molecule has 0 aliphatic heterocycles. The molecule has 0 aliphatic carbocycles. The van der Waals surface area contributed by atoms with E-state index in [0.29, 0.717) is 106 Å². The summed E-state index contributed by atoms with van der Waals surface area (Å²) >= 11 is 0. The number of ether oxygens (including phenoxy) is 9. The maximum absolute atomic E-state index is 8.63. The van der Waals surface area contributed by atoms with Gasteiger partial charge in [0, 0.05) is 33.9 Å². The first-order valence-electron chi connectivity index (χ1n) is 11.7. The largest absolute Gasteiger partial charge is 0.394 e. The van der Waals surface area contributed by atoms with Crippen molar-refractivity contribution in [2.75, 3.05) is 146 Å². The van der Waals surface area contributed by atoms with E-state index in [1.807, 2.05) is 0 Å². The fourth-order valence-electron chi connectivity index (χ4n) is 2.45. The first-order chi connectivity index (χ1) is 16.3. The van der Waals surface area contributed by atoms with Gasteiger partial charge in [0.15, 0.2) is 0 Å². The van der Waals surface area contributed by atoms with Crippen LogP contribution in [-0.2, 0) is 42.6 Å². The first kappa shape index (κ1) is 32.6. The summed E-state index contributed by atoms with van der Waals surface area (Å²) < 4.78 is 48.2. The predicted molar refractivity (Wildman–Crippen MR) is 123 cm³/mol. The lowest BCUT2D eigenvalue weighted by Crippen LogP contribution is -2.34. The van der Waals surface area contributed by atoms with Gasteiger partial charge in [0.2, 0.25) is 0 Å². The summed E-state index contributed by atoms with van der Waals surface area (Å²) in [5.41, 5.74) is 0. The van der Waals surface area contributed by atoms with Crippen LogP contribution in [0.3, 0.4) is 0 Å². The Morgan fingerprint density at radius 2 is 0.667 bits per heavy atom. The number of nitrogens with zero attached hydrogens (tertiary/aromatic N) is 1. The molecule has 0 bridgehead atoms. The van der Waals surface area contributed by atoms with E-state index in [-0.39, 0.29) is 6.61 Å². The second kappa shape index (κ2) is 29.6. The van der Waals surface area contributed by atoms with Crippen molar-refractivity contribution in [1.82, 2.24) is 4.90 Å². The van der Waals surface area contributed by atoms with Crippen LogP contribution in [0.1, 0.15) is 0 Å². The molecule has 0 spiro atoms. The predicted octanol–water partition coefficient (Wildman–Crippen LogP) is -0.310. The number of methoxy groups -OCH3 is 2. The topological polar surface area (TPSA) is 107 Å². The highest BCUT2D eigenvalue weighted by Crippen LogP contribution is 1.93. The van der Waals surface area contributed by atoms with E-state index in [4.69, 9.17) is 47.7 Å². The van der Waals surface area contributed by atoms with E-state index in [9.17, 15) is 0 Å². The Kier molecular flexibility index (Phi) is 29.2. The zero-order valence-electron chi connectivity index (χ0n) is 20.7. The third-order valence-corrected chi connectivity index (χ3v) is 4.24. The minimum absolute atomic E-state index is 0.0278. The summed E-state index contributed by atoms with van der Waals surface area (Å²) in [6, 6.07) is 0. The van der Waals surface area contributed by atoms with Crippen molar-refractivity contribution in [3.63, 3.8) is 0 Å². The van der Waals surface area contributed by atoms with Gasteiger partial charge in [0.1, 0.15) is 0 Å². The van der Waals surface area contributed by atoms with Crippen molar-refractivity contribution in [1.29, 1.82) is 0 Å². The number of aliphatic hydroxyl groups excluding tert-OH is 1. The molecule has 0 saturated carbocycles. The molecule has 0 aromatic rings. The second-order valence-corrected chi connectivity index (χ2v) is 6.84. The third-order valence-electron chi connectivity index (χ3n) is 4.24. The molecule has 0 radical (unpaired) electrons. The molecule has 33 heavy (non-hydrogen) atoms. The first-order valence-corrected chi connectivity index (χ1v) is 11.7. The monoisotopic (exact) mass is 485 g/mol. The molecule has 0 saturated heterocycles. The van der Waals surface area contributed by atoms with Crippen LogP contribution in [0.5, 0.6) is 0 Å². The van der Waals surface area contributed by atoms with Gasteiger partial charge in [-0.2, -0.15) is 0 Å². The van der Waals surface area contributed by atoms with Crippen molar-refractivity contribution in [2.24, 2.45) is 0 Å². The fraction of sp³-hybridized carbons (Fsp3) is 1.00. The quantitative estimate of drug-likeness (QED) is 0.141. The summed E-state index contributed by atoms with van der Waals surface area (Å²) in [6.45, 7) is 11.1. The van der Waals surface area contributed by atoms with Crippen molar-refractivity contribution in [3.05, 3.63) is 0 Å². The second-order valence-electron chi connectivity index (χ2n) is 6.84. The summed E-state index contributed by atoms with van der Waals surface area (Å²) in [7, 11) is 3.30. The van der Waals surface area contributed by atoms with Gasteiger partial charge in [0.05, 0.1) is 112 Å². The molecule has 11 heteroatoms. The molecule has 0 rings (SSSR count). The molecule has 0 aromatic carbocycles. The Balaban J connectivity index is 3.83. The maximum atomic E-state index is 8.63. The molecular formula is C22H47NO10. The van der Waals surface area contributed by atoms with Crippen LogP contribution in [0.4, 0.5) is 0 Å². The Hall–Kier alpha value is -0.440. The van der Waals surface area contributed by atoms with Crippen molar-refractivity contribution >= 4 is 0 Å². The number of aliphatic hydroxyl groups is 1. The smallest absolute Gasteiger partial charge is 0.0701 e. The van der Waals surface area contributed by atoms with Crippen molar-refractivity contribution in [2.45, 2.75) is 0 Å². The molecule has 0 unspecified atom stereocenters. The van der Waals surface area contributed by atoms with Gasteiger partial charge in [-0.15, -0.1) is 0 Å². The maximum Gasteiger partial charge on any atom is 0.0701 e. The molecule has 200 valence electrons. The highest BCUT2D eigenvalue weighted by Gasteiger charge is 2.06. The summed E-state index contributed by atoms with van der Waals surface area (Å²) in [5, 5.41) is 8.63. The number of rotatable bonds is 29. The molecule has 0 aliphatic rings. The van der Waals surface area contributed by atoms with Gasteiger partial charge in [-0.25, -0.2) is 0 Å². The van der Waals surface area contributed by atoms with Gasteiger partial charge in [-0.1, -0.05) is 0 Å². The zero-order valence-corrected chi connectivity index (χ0v) is 20.7. The Morgan fingerprint density at radius 3 is 0.970 bits per heavy atom. The minimum atomic E-state index is 0.0278. The molecule has 1 N–H and O–H groups in total. The van der Waals surface area contributed by atoms with Gasteiger partial charge >= 0.3 is 0 Å². The Bertz CT molecular complexity index is 335. The van der Waals surface area contributed by atoms with Crippen LogP contribution in [0.25, 0.3) is 0 Å². The molecular weight excluding hydrogens is 438 g/mol. The highest BCUT2D eigenvalue weighted by atomic mass is 16.6. The van der Waals surface area contributed by atoms with E-state index in [1.54, 1.807) is 14.2 Å². The van der Waals surface area contributed by atoms with Crippen LogP contribution in [-0.4, -0.2) is 156 Å². The van der Waals surface area contributed by atoms with Crippen molar-refractivity contribution < 1.29 is 47.7 Å². The normalized spacial score (nSPS) is 11.6. The molecule has 0 amide bonds. The Labute approximate surface area is 199 Å². The molecule has 0 heterocycles. The molecule has 11 nitrogen and oxygen atoms in total. The average Bonchev–Trinajstić information content (AvgIpc) is 2.83. The number of hydrogen-bond acceptors (Lipinski definition) is 11. The van der Waals surface area contributed by atoms with E-state index in [2.05, 4.69) is 4.90 Å². The lowest BCUT2D eigenvalue weighted by Gasteiger charge is -2.22. The lowest BCUT2D eigenvalue weighted by atomic mass is 10.4. The van der Waals surface area contributed by atoms with Crippen LogP contribution in [0.2, 0.25) is 0 Å².